The first-order chi connectivity index (χ1) is 13.7. The Hall–Kier alpha value is -3.99. The van der Waals surface area contributed by atoms with Gasteiger partial charge in [-0.1, -0.05) is 25.1 Å². The van der Waals surface area contributed by atoms with Crippen molar-refractivity contribution in [2.45, 2.75) is 19.9 Å². The number of anilines is 1. The lowest BCUT2D eigenvalue weighted by Crippen LogP contribution is -2.17. The zero-order chi connectivity index (χ0) is 19.5. The van der Waals surface area contributed by atoms with Crippen LogP contribution in [-0.2, 0) is 6.54 Å². The molecule has 2 aromatic heterocycles. The number of aromatic nitrogens is 5. The van der Waals surface area contributed by atoms with E-state index in [0.717, 1.165) is 23.9 Å². The van der Waals surface area contributed by atoms with Gasteiger partial charge in [-0.05, 0) is 42.0 Å². The van der Waals surface area contributed by atoms with Gasteiger partial charge >= 0.3 is 0 Å². The smallest absolute Gasteiger partial charge is 0.272 e. The summed E-state index contributed by atoms with van der Waals surface area (Å²) in [5.74, 6) is 0.0700. The topological polar surface area (TPSA) is 112 Å². The Bertz CT molecular complexity index is 1190. The summed E-state index contributed by atoms with van der Waals surface area (Å²) in [6.45, 7) is 2.81. The number of para-hydroxylation sites is 1. The van der Waals surface area contributed by atoms with Crippen LogP contribution in [0.3, 0.4) is 0 Å². The van der Waals surface area contributed by atoms with Gasteiger partial charge in [0.1, 0.15) is 5.69 Å². The molecule has 4 aromatic rings. The summed E-state index contributed by atoms with van der Waals surface area (Å²) in [6, 6.07) is 16.8. The van der Waals surface area contributed by atoms with E-state index >= 15 is 0 Å². The van der Waals surface area contributed by atoms with Gasteiger partial charge in [0, 0.05) is 23.0 Å². The van der Waals surface area contributed by atoms with Gasteiger partial charge in [0.25, 0.3) is 5.91 Å². The number of carbonyl (C=O) groups is 1. The molecule has 2 aromatic carbocycles. The van der Waals surface area contributed by atoms with Crippen LogP contribution in [0.2, 0.25) is 0 Å². The minimum atomic E-state index is -0.237. The van der Waals surface area contributed by atoms with Crippen molar-refractivity contribution < 1.29 is 4.79 Å². The van der Waals surface area contributed by atoms with Crippen molar-refractivity contribution in [3.05, 3.63) is 59.8 Å². The number of nitriles is 1. The highest BCUT2D eigenvalue weighted by molar-refractivity contribution is 6.08. The molecular formula is C20H17N7O. The third-order valence-corrected chi connectivity index (χ3v) is 4.47. The first-order valence-corrected chi connectivity index (χ1v) is 8.89. The number of benzene rings is 2. The largest absolute Gasteiger partial charge is 0.337 e. The van der Waals surface area contributed by atoms with E-state index in [9.17, 15) is 10.1 Å². The number of fused-ring (bicyclic) bond motifs is 1. The number of amides is 1. The first-order valence-electron chi connectivity index (χ1n) is 8.89. The maximum atomic E-state index is 13.1. The highest BCUT2D eigenvalue weighted by Crippen LogP contribution is 2.27. The summed E-state index contributed by atoms with van der Waals surface area (Å²) in [4.78, 5) is 13.1. The Morgan fingerprint density at radius 2 is 2.11 bits per heavy atom. The zero-order valence-electron chi connectivity index (χ0n) is 15.2. The molecular weight excluding hydrogens is 354 g/mol. The minimum Gasteiger partial charge on any atom is -0.337 e. The number of rotatable bonds is 5. The van der Waals surface area contributed by atoms with Crippen LogP contribution in [0.4, 0.5) is 5.69 Å². The Kier molecular flexibility index (Phi) is 4.56. The lowest BCUT2D eigenvalue weighted by Gasteiger charge is -2.12. The molecule has 0 aliphatic rings. The Labute approximate surface area is 160 Å². The second kappa shape index (κ2) is 7.32. The quantitative estimate of drug-likeness (QED) is 0.559. The molecule has 0 aliphatic carbocycles. The Balaban J connectivity index is 1.75. The van der Waals surface area contributed by atoms with Crippen molar-refractivity contribution in [1.29, 1.82) is 5.26 Å². The molecule has 1 amide bonds. The standard InChI is InChI=1S/C20H17N7O/c1-2-9-27-17-6-4-3-5-14(17)11-18(27)20(28)22-16-8-7-13(12-21)10-15(16)19-23-25-26-24-19/h3-8,10-11H,2,9H2,1H3,(H,22,28)(H,23,24,25,26). The number of hydrogen-bond donors (Lipinski definition) is 2. The van der Waals surface area contributed by atoms with Crippen molar-refractivity contribution in [1.82, 2.24) is 25.2 Å². The fraction of sp³-hybridized carbons (Fsp3) is 0.150. The Morgan fingerprint density at radius 1 is 1.25 bits per heavy atom. The van der Waals surface area contributed by atoms with Crippen molar-refractivity contribution >= 4 is 22.5 Å². The fourth-order valence-electron chi connectivity index (χ4n) is 3.23. The number of aromatic amines is 1. The van der Waals surface area contributed by atoms with E-state index < -0.39 is 0 Å². The number of nitrogens with one attached hydrogen (secondary N) is 2. The van der Waals surface area contributed by atoms with Crippen molar-refractivity contribution in [3.63, 3.8) is 0 Å². The van der Waals surface area contributed by atoms with E-state index in [1.54, 1.807) is 18.2 Å². The highest BCUT2D eigenvalue weighted by atomic mass is 16.2. The van der Waals surface area contributed by atoms with Crippen LogP contribution in [0.15, 0.2) is 48.5 Å². The van der Waals surface area contributed by atoms with Gasteiger partial charge in [-0.25, -0.2) is 0 Å². The second-order valence-corrected chi connectivity index (χ2v) is 6.30. The molecule has 0 fully saturated rings. The van der Waals surface area contributed by atoms with Crippen LogP contribution in [-0.4, -0.2) is 31.1 Å². The average Bonchev–Trinajstić information content (AvgIpc) is 3.37. The van der Waals surface area contributed by atoms with E-state index in [0.29, 0.717) is 28.3 Å². The zero-order valence-corrected chi connectivity index (χ0v) is 15.2. The number of hydrogen-bond acceptors (Lipinski definition) is 5. The molecule has 2 N–H and O–H groups in total. The minimum absolute atomic E-state index is 0.237. The van der Waals surface area contributed by atoms with E-state index in [2.05, 4.69) is 38.9 Å². The SMILES string of the molecule is CCCn1c(C(=O)Nc2ccc(C#N)cc2-c2nn[nH]n2)cc2ccccc21. The normalized spacial score (nSPS) is 10.7. The van der Waals surface area contributed by atoms with E-state index in [1.807, 2.05) is 34.9 Å². The van der Waals surface area contributed by atoms with Gasteiger partial charge in [0.2, 0.25) is 5.82 Å². The number of H-pyrrole nitrogens is 1. The summed E-state index contributed by atoms with van der Waals surface area (Å²) in [5.41, 5.74) is 3.08. The monoisotopic (exact) mass is 371 g/mol. The number of carbonyl (C=O) groups excluding carboxylic acids is 1. The molecule has 28 heavy (non-hydrogen) atoms. The third-order valence-electron chi connectivity index (χ3n) is 4.47. The predicted octanol–water partition coefficient (Wildman–Crippen LogP) is 3.36. The summed E-state index contributed by atoms with van der Waals surface area (Å²) >= 11 is 0. The molecule has 0 bridgehead atoms. The molecule has 0 radical (unpaired) electrons. The van der Waals surface area contributed by atoms with Crippen molar-refractivity contribution in [2.24, 2.45) is 0 Å². The van der Waals surface area contributed by atoms with Gasteiger partial charge < -0.3 is 9.88 Å². The van der Waals surface area contributed by atoms with Crippen molar-refractivity contribution in [3.8, 4) is 17.5 Å². The van der Waals surface area contributed by atoms with Crippen LogP contribution < -0.4 is 5.32 Å². The van der Waals surface area contributed by atoms with Crippen LogP contribution in [0.1, 0.15) is 29.4 Å². The highest BCUT2D eigenvalue weighted by Gasteiger charge is 2.18. The summed E-state index contributed by atoms with van der Waals surface area (Å²) < 4.78 is 2.02. The second-order valence-electron chi connectivity index (χ2n) is 6.30. The molecule has 8 heteroatoms. The summed E-state index contributed by atoms with van der Waals surface area (Å²) in [5, 5.41) is 27.0. The third kappa shape index (κ3) is 3.10. The van der Waals surface area contributed by atoms with E-state index in [1.165, 1.54) is 0 Å². The summed E-state index contributed by atoms with van der Waals surface area (Å²) in [7, 11) is 0. The summed E-state index contributed by atoms with van der Waals surface area (Å²) in [6.07, 6.45) is 0.907. The maximum Gasteiger partial charge on any atom is 0.272 e. The van der Waals surface area contributed by atoms with Crippen molar-refractivity contribution in [2.75, 3.05) is 5.32 Å². The van der Waals surface area contributed by atoms with Crippen LogP contribution in [0.5, 0.6) is 0 Å². The maximum absolute atomic E-state index is 13.1. The van der Waals surface area contributed by atoms with E-state index in [4.69, 9.17) is 0 Å². The van der Waals surface area contributed by atoms with Crippen LogP contribution >= 0.6 is 0 Å². The molecule has 0 aliphatic heterocycles. The molecule has 4 rings (SSSR count). The van der Waals surface area contributed by atoms with Gasteiger partial charge in [0.15, 0.2) is 0 Å². The lowest BCUT2D eigenvalue weighted by atomic mass is 10.1. The first kappa shape index (κ1) is 17.4. The number of tetrazole rings is 1. The molecule has 0 unspecified atom stereocenters. The lowest BCUT2D eigenvalue weighted by molar-refractivity contribution is 0.101. The molecule has 138 valence electrons. The molecule has 0 spiro atoms. The van der Waals surface area contributed by atoms with Gasteiger partial charge in [0.05, 0.1) is 17.3 Å². The molecule has 2 heterocycles. The van der Waals surface area contributed by atoms with Crippen LogP contribution in [0, 0.1) is 11.3 Å². The Morgan fingerprint density at radius 3 is 2.86 bits per heavy atom. The molecule has 8 nitrogen and oxygen atoms in total. The number of aryl methyl sites for hydroxylation is 1. The fourth-order valence-corrected chi connectivity index (χ4v) is 3.23. The van der Waals surface area contributed by atoms with E-state index in [-0.39, 0.29) is 5.91 Å². The van der Waals surface area contributed by atoms with Gasteiger partial charge in [-0.3, -0.25) is 4.79 Å². The molecule has 0 saturated heterocycles. The van der Waals surface area contributed by atoms with Gasteiger partial charge in [-0.15, -0.1) is 10.2 Å². The van der Waals surface area contributed by atoms with Crippen LogP contribution in [0.25, 0.3) is 22.3 Å². The average molecular weight is 371 g/mol. The predicted molar refractivity (Wildman–Crippen MR) is 105 cm³/mol. The molecule has 0 saturated carbocycles. The number of nitrogens with zero attached hydrogens (tertiary/aromatic N) is 5. The molecule has 0 atom stereocenters. The van der Waals surface area contributed by atoms with Gasteiger partial charge in [-0.2, -0.15) is 10.5 Å².